The fourth-order valence-electron chi connectivity index (χ4n) is 7.21. The van der Waals surface area contributed by atoms with Crippen LogP contribution < -0.4 is 0 Å². The lowest BCUT2D eigenvalue weighted by molar-refractivity contribution is -0.0208. The smallest absolute Gasteiger partial charge is 0.328 e. The average Bonchev–Trinajstić information content (AvgIpc) is 3.71. The van der Waals surface area contributed by atoms with Crippen LogP contribution in [-0.2, 0) is 38.9 Å². The second-order valence-corrected chi connectivity index (χ2v) is 14.9. The zero-order valence-electron chi connectivity index (χ0n) is 30.6. The molecule has 0 radical (unpaired) electrons. The predicted molar refractivity (Wildman–Crippen MR) is 204 cm³/mol. The molecule has 0 N–H and O–H groups in total. The first-order valence-electron chi connectivity index (χ1n) is 17.7. The highest BCUT2D eigenvalue weighted by Crippen LogP contribution is 2.59. The van der Waals surface area contributed by atoms with Crippen LogP contribution in [0.25, 0.3) is 45.0 Å². The highest BCUT2D eigenvalue weighted by atomic mass is 31.2. The summed E-state index contributed by atoms with van der Waals surface area (Å²) in [6.07, 6.45) is 9.23. The van der Waals surface area contributed by atoms with Crippen LogP contribution in [0.15, 0.2) is 110 Å². The first-order valence-corrected chi connectivity index (χ1v) is 19.7. The van der Waals surface area contributed by atoms with Crippen LogP contribution >= 0.6 is 7.60 Å². The first-order chi connectivity index (χ1) is 24.6. The van der Waals surface area contributed by atoms with E-state index in [1.165, 1.54) is 0 Å². The van der Waals surface area contributed by atoms with Crippen LogP contribution in [0.3, 0.4) is 0 Å². The van der Waals surface area contributed by atoms with Crippen molar-refractivity contribution in [2.24, 2.45) is 14.1 Å². The Balaban J connectivity index is 1.45. The van der Waals surface area contributed by atoms with Crippen molar-refractivity contribution in [2.45, 2.75) is 64.6 Å². The maximum Gasteiger partial charge on any atom is 0.329 e. The molecule has 4 aromatic heterocycles. The molecule has 264 valence electrons. The summed E-state index contributed by atoms with van der Waals surface area (Å²) in [4.78, 5) is 19.0. The van der Waals surface area contributed by atoms with Gasteiger partial charge in [-0.05, 0) is 49.9 Å². The molecule has 2 aromatic carbocycles. The standard InChI is InChI=1S/C41H47N6O3P/c1-8-40(9-2,38-44-34(30-18-14-12-15-19-30)36(46(38)5)32-22-26-42-27-23-32)49-51(7,48)50-41(10-3,11-4)39-45-35(31-20-16-13-17-21-31)37(47(39)6)33-24-28-43-29-25-33/h12-29H,8-11H2,1-7H3. The lowest BCUT2D eigenvalue weighted by Crippen LogP contribution is -2.35. The van der Waals surface area contributed by atoms with E-state index >= 15 is 0 Å². The van der Waals surface area contributed by atoms with E-state index in [0.29, 0.717) is 37.3 Å². The fraction of sp³-hybridized carbons (Fsp3) is 0.317. The van der Waals surface area contributed by atoms with Gasteiger partial charge in [-0.25, -0.2) is 9.97 Å². The molecule has 10 heteroatoms. The summed E-state index contributed by atoms with van der Waals surface area (Å²) >= 11 is 0. The van der Waals surface area contributed by atoms with E-state index < -0.39 is 18.8 Å². The summed E-state index contributed by atoms with van der Waals surface area (Å²) in [5.41, 5.74) is 5.40. The quantitative estimate of drug-likeness (QED) is 0.104. The van der Waals surface area contributed by atoms with Crippen LogP contribution in [0.1, 0.15) is 65.0 Å². The molecule has 6 aromatic rings. The van der Waals surface area contributed by atoms with Gasteiger partial charge in [0.05, 0.1) is 22.8 Å². The first kappa shape index (κ1) is 36.1. The second-order valence-electron chi connectivity index (χ2n) is 12.9. The highest BCUT2D eigenvalue weighted by Gasteiger charge is 2.46. The molecule has 0 saturated heterocycles. The molecule has 9 nitrogen and oxygen atoms in total. The van der Waals surface area contributed by atoms with Gasteiger partial charge < -0.3 is 9.13 Å². The third-order valence-electron chi connectivity index (χ3n) is 9.97. The second kappa shape index (κ2) is 14.9. The molecule has 0 spiro atoms. The Hall–Kier alpha value is -4.69. The SMILES string of the molecule is CCC(CC)(OP(C)(=O)OC(CC)(CC)c1nc(-c2ccccc2)c(-c2ccncc2)n1C)c1nc(-c2ccccc2)c(-c2ccncc2)n1C. The summed E-state index contributed by atoms with van der Waals surface area (Å²) in [7, 11) is 0.196. The minimum Gasteiger partial charge on any atom is -0.328 e. The monoisotopic (exact) mass is 702 g/mol. The molecule has 6 rings (SSSR count). The maximum atomic E-state index is 15.0. The lowest BCUT2D eigenvalue weighted by Gasteiger charge is -2.38. The van der Waals surface area contributed by atoms with Gasteiger partial charge in [0.25, 0.3) is 0 Å². The third-order valence-corrected chi connectivity index (χ3v) is 11.3. The Morgan fingerprint density at radius 2 is 0.882 bits per heavy atom. The summed E-state index contributed by atoms with van der Waals surface area (Å²) in [6, 6.07) is 28.2. The number of aromatic nitrogens is 6. The Morgan fingerprint density at radius 1 is 0.549 bits per heavy atom. The van der Waals surface area contributed by atoms with E-state index in [2.05, 4.69) is 43.4 Å². The molecule has 0 fully saturated rings. The molecule has 0 aliphatic rings. The van der Waals surface area contributed by atoms with Gasteiger partial charge >= 0.3 is 7.60 Å². The van der Waals surface area contributed by atoms with Crippen LogP contribution in [0, 0.1) is 0 Å². The minimum atomic E-state index is -3.80. The van der Waals surface area contributed by atoms with Crippen molar-refractivity contribution in [2.75, 3.05) is 6.66 Å². The molecule has 0 aliphatic heterocycles. The van der Waals surface area contributed by atoms with Crippen molar-refractivity contribution in [3.63, 3.8) is 0 Å². The number of pyridine rings is 2. The molecule has 51 heavy (non-hydrogen) atoms. The normalized spacial score (nSPS) is 12.4. The Kier molecular flexibility index (Phi) is 10.5. The Morgan fingerprint density at radius 3 is 1.20 bits per heavy atom. The van der Waals surface area contributed by atoms with E-state index in [0.717, 1.165) is 45.0 Å². The zero-order valence-corrected chi connectivity index (χ0v) is 31.5. The van der Waals surface area contributed by atoms with Crippen molar-refractivity contribution >= 4 is 7.60 Å². The van der Waals surface area contributed by atoms with Gasteiger partial charge in [-0.2, -0.15) is 0 Å². The van der Waals surface area contributed by atoms with Crippen molar-refractivity contribution in [3.05, 3.63) is 121 Å². The number of hydrogen-bond donors (Lipinski definition) is 0. The largest absolute Gasteiger partial charge is 0.329 e. The summed E-state index contributed by atoms with van der Waals surface area (Å²) in [5.74, 6) is 1.37. The number of benzene rings is 2. The lowest BCUT2D eigenvalue weighted by atomic mass is 9.96. The van der Waals surface area contributed by atoms with Crippen LogP contribution in [-0.4, -0.2) is 35.7 Å². The molecular weight excluding hydrogens is 655 g/mol. The average molecular weight is 703 g/mol. The number of hydrogen-bond acceptors (Lipinski definition) is 7. The summed E-state index contributed by atoms with van der Waals surface area (Å²) in [6.45, 7) is 9.77. The molecule has 0 bridgehead atoms. The van der Waals surface area contributed by atoms with E-state index in [-0.39, 0.29) is 0 Å². The van der Waals surface area contributed by atoms with Crippen LogP contribution in [0.4, 0.5) is 0 Å². The van der Waals surface area contributed by atoms with Crippen LogP contribution in [0.2, 0.25) is 0 Å². The molecule has 0 amide bonds. The number of imidazole rings is 2. The van der Waals surface area contributed by atoms with Gasteiger partial charge in [-0.15, -0.1) is 0 Å². The van der Waals surface area contributed by atoms with E-state index in [4.69, 9.17) is 19.0 Å². The van der Waals surface area contributed by atoms with Gasteiger partial charge in [0.15, 0.2) is 0 Å². The molecule has 0 saturated carbocycles. The summed E-state index contributed by atoms with van der Waals surface area (Å²) < 4.78 is 32.8. The molecule has 0 atom stereocenters. The highest BCUT2D eigenvalue weighted by molar-refractivity contribution is 7.53. The molecular formula is C41H47N6O3P. The van der Waals surface area contributed by atoms with Gasteiger partial charge in [-0.1, -0.05) is 88.4 Å². The van der Waals surface area contributed by atoms with Gasteiger partial charge in [-0.3, -0.25) is 23.6 Å². The van der Waals surface area contributed by atoms with Crippen molar-refractivity contribution in [1.29, 1.82) is 0 Å². The topological polar surface area (TPSA) is 97.0 Å². The van der Waals surface area contributed by atoms with Crippen molar-refractivity contribution in [1.82, 2.24) is 29.1 Å². The number of rotatable bonds is 14. The van der Waals surface area contributed by atoms with E-state index in [9.17, 15) is 4.57 Å². The fourth-order valence-corrected chi connectivity index (χ4v) is 9.20. The maximum absolute atomic E-state index is 15.0. The van der Waals surface area contributed by atoms with Crippen LogP contribution in [0.5, 0.6) is 0 Å². The van der Waals surface area contributed by atoms with Crippen molar-refractivity contribution < 1.29 is 13.6 Å². The van der Waals surface area contributed by atoms with Crippen molar-refractivity contribution in [3.8, 4) is 45.0 Å². The summed E-state index contributed by atoms with van der Waals surface area (Å²) in [5, 5.41) is 0. The third kappa shape index (κ3) is 6.86. The minimum absolute atomic E-state index is 0.525. The van der Waals surface area contributed by atoms with E-state index in [1.807, 2.05) is 102 Å². The molecule has 4 heterocycles. The van der Waals surface area contributed by atoms with Gasteiger partial charge in [0.2, 0.25) is 0 Å². The van der Waals surface area contributed by atoms with E-state index in [1.54, 1.807) is 31.5 Å². The van der Waals surface area contributed by atoms with Gasteiger partial charge in [0, 0.05) is 67.8 Å². The Labute approximate surface area is 301 Å². The Bertz CT molecular complexity index is 1960. The number of nitrogens with zero attached hydrogens (tertiary/aromatic N) is 6. The van der Waals surface area contributed by atoms with Gasteiger partial charge in [0.1, 0.15) is 22.9 Å². The predicted octanol–water partition coefficient (Wildman–Crippen LogP) is 10.2. The molecule has 0 aliphatic carbocycles. The zero-order chi connectivity index (χ0) is 36.2. The molecule has 0 unspecified atom stereocenters.